The lowest BCUT2D eigenvalue weighted by molar-refractivity contribution is -0.138. The van der Waals surface area contributed by atoms with E-state index in [0.717, 1.165) is 5.56 Å². The number of halogens is 1. The highest BCUT2D eigenvalue weighted by molar-refractivity contribution is 9.09. The summed E-state index contributed by atoms with van der Waals surface area (Å²) in [5.74, 6) is -0.117. The molecule has 0 spiro atoms. The molecule has 0 aliphatic heterocycles. The molecule has 1 aromatic carbocycles. The van der Waals surface area contributed by atoms with Gasteiger partial charge in [0.15, 0.2) is 0 Å². The molecule has 1 unspecified atom stereocenters. The van der Waals surface area contributed by atoms with E-state index in [1.165, 1.54) is 4.90 Å². The van der Waals surface area contributed by atoms with Crippen LogP contribution in [-0.4, -0.2) is 27.5 Å². The van der Waals surface area contributed by atoms with Crippen molar-refractivity contribution in [3.05, 3.63) is 35.9 Å². The van der Waals surface area contributed by atoms with Crippen molar-refractivity contribution in [1.82, 2.24) is 4.90 Å². The molecule has 0 aromatic heterocycles. The number of hydrogen-bond acceptors (Lipinski definition) is 2. The van der Waals surface area contributed by atoms with Gasteiger partial charge in [-0.15, -0.1) is 0 Å². The zero-order valence-corrected chi connectivity index (χ0v) is 10.1. The van der Waals surface area contributed by atoms with Crippen molar-refractivity contribution < 1.29 is 9.90 Å². The van der Waals surface area contributed by atoms with Gasteiger partial charge in [0.2, 0.25) is 5.91 Å². The van der Waals surface area contributed by atoms with Gasteiger partial charge in [0.25, 0.3) is 0 Å². The third-order valence-electron chi connectivity index (χ3n) is 2.08. The SMILES string of the molecule is CC(O)N(Cc1ccccc1)C(=O)CBr. The third-order valence-corrected chi connectivity index (χ3v) is 2.56. The van der Waals surface area contributed by atoms with Crippen molar-refractivity contribution in [2.24, 2.45) is 0 Å². The van der Waals surface area contributed by atoms with Crippen molar-refractivity contribution in [2.45, 2.75) is 19.7 Å². The Balaban J connectivity index is 2.72. The molecule has 0 aliphatic carbocycles. The van der Waals surface area contributed by atoms with Crippen LogP contribution in [0.4, 0.5) is 0 Å². The minimum absolute atomic E-state index is 0.117. The maximum atomic E-state index is 11.5. The highest BCUT2D eigenvalue weighted by Gasteiger charge is 2.16. The minimum Gasteiger partial charge on any atom is -0.374 e. The van der Waals surface area contributed by atoms with E-state index in [9.17, 15) is 9.90 Å². The molecule has 82 valence electrons. The number of aliphatic hydroxyl groups is 1. The Morgan fingerprint density at radius 3 is 2.53 bits per heavy atom. The summed E-state index contributed by atoms with van der Waals surface area (Å²) in [4.78, 5) is 12.9. The van der Waals surface area contributed by atoms with Crippen LogP contribution in [-0.2, 0) is 11.3 Å². The first kappa shape index (κ1) is 12.2. The number of alkyl halides is 1. The van der Waals surface area contributed by atoms with Crippen LogP contribution in [0.15, 0.2) is 30.3 Å². The first-order chi connectivity index (χ1) is 7.15. The number of aliphatic hydroxyl groups excluding tert-OH is 1. The molecule has 1 aromatic rings. The first-order valence-corrected chi connectivity index (χ1v) is 5.84. The number of hydrogen-bond donors (Lipinski definition) is 1. The molecule has 4 heteroatoms. The van der Waals surface area contributed by atoms with E-state index in [1.807, 2.05) is 30.3 Å². The van der Waals surface area contributed by atoms with E-state index in [0.29, 0.717) is 6.54 Å². The fourth-order valence-corrected chi connectivity index (χ4v) is 1.61. The number of nitrogens with zero attached hydrogens (tertiary/aromatic N) is 1. The van der Waals surface area contributed by atoms with Gasteiger partial charge in [-0.1, -0.05) is 46.3 Å². The van der Waals surface area contributed by atoms with E-state index >= 15 is 0 Å². The molecule has 0 radical (unpaired) electrons. The van der Waals surface area contributed by atoms with Crippen molar-refractivity contribution in [1.29, 1.82) is 0 Å². The van der Waals surface area contributed by atoms with Crippen LogP contribution in [0.25, 0.3) is 0 Å². The molecule has 0 bridgehead atoms. The van der Waals surface area contributed by atoms with Gasteiger partial charge in [0.1, 0.15) is 6.23 Å². The summed E-state index contributed by atoms with van der Waals surface area (Å²) in [7, 11) is 0. The molecule has 0 aliphatic rings. The summed E-state index contributed by atoms with van der Waals surface area (Å²) >= 11 is 3.09. The summed E-state index contributed by atoms with van der Waals surface area (Å²) in [6, 6.07) is 9.60. The van der Waals surface area contributed by atoms with Crippen molar-refractivity contribution in [2.75, 3.05) is 5.33 Å². The topological polar surface area (TPSA) is 40.5 Å². The van der Waals surface area contributed by atoms with Gasteiger partial charge >= 0.3 is 0 Å². The predicted octanol–water partition coefficient (Wildman–Crippen LogP) is 1.75. The van der Waals surface area contributed by atoms with E-state index in [1.54, 1.807) is 6.92 Å². The fraction of sp³-hybridized carbons (Fsp3) is 0.364. The van der Waals surface area contributed by atoms with Crippen LogP contribution in [0.3, 0.4) is 0 Å². The van der Waals surface area contributed by atoms with Crippen LogP contribution in [0, 0.1) is 0 Å². The highest BCUT2D eigenvalue weighted by atomic mass is 79.9. The Kier molecular flexibility index (Phi) is 4.78. The molecule has 0 fully saturated rings. The molecule has 1 rings (SSSR count). The zero-order valence-electron chi connectivity index (χ0n) is 8.56. The van der Waals surface area contributed by atoms with Gasteiger partial charge in [-0.25, -0.2) is 0 Å². The van der Waals surface area contributed by atoms with Crippen LogP contribution in [0.1, 0.15) is 12.5 Å². The van der Waals surface area contributed by atoms with Gasteiger partial charge in [-0.2, -0.15) is 0 Å². The molecular weight excluding hydrogens is 258 g/mol. The van der Waals surface area contributed by atoms with Crippen molar-refractivity contribution in [3.63, 3.8) is 0 Å². The summed E-state index contributed by atoms with van der Waals surface area (Å²) < 4.78 is 0. The molecule has 0 heterocycles. The molecule has 0 saturated heterocycles. The monoisotopic (exact) mass is 271 g/mol. The second kappa shape index (κ2) is 5.88. The molecular formula is C11H14BrNO2. The molecule has 15 heavy (non-hydrogen) atoms. The number of carbonyl (C=O) groups excluding carboxylic acids is 1. The average Bonchev–Trinajstić information content (AvgIpc) is 2.26. The number of rotatable bonds is 4. The summed E-state index contributed by atoms with van der Waals surface area (Å²) in [5.41, 5.74) is 1.01. The Bertz CT molecular complexity index is 314. The predicted molar refractivity (Wildman–Crippen MR) is 62.5 cm³/mol. The van der Waals surface area contributed by atoms with Crippen LogP contribution in [0.5, 0.6) is 0 Å². The van der Waals surface area contributed by atoms with Gasteiger partial charge in [0, 0.05) is 6.54 Å². The summed E-state index contributed by atoms with van der Waals surface area (Å²) in [6.07, 6.45) is -0.768. The van der Waals surface area contributed by atoms with Crippen LogP contribution >= 0.6 is 15.9 Å². The van der Waals surface area contributed by atoms with Crippen molar-refractivity contribution >= 4 is 21.8 Å². The van der Waals surface area contributed by atoms with E-state index in [-0.39, 0.29) is 11.2 Å². The number of carbonyl (C=O) groups is 1. The van der Waals surface area contributed by atoms with E-state index < -0.39 is 6.23 Å². The molecule has 0 saturated carbocycles. The molecule has 3 nitrogen and oxygen atoms in total. The largest absolute Gasteiger partial charge is 0.374 e. The van der Waals surface area contributed by atoms with E-state index in [2.05, 4.69) is 15.9 Å². The summed E-state index contributed by atoms with van der Waals surface area (Å²) in [6.45, 7) is 2.02. The average molecular weight is 272 g/mol. The lowest BCUT2D eigenvalue weighted by Gasteiger charge is -2.24. The quantitative estimate of drug-likeness (QED) is 0.670. The molecule has 1 atom stereocenters. The number of amides is 1. The highest BCUT2D eigenvalue weighted by Crippen LogP contribution is 2.08. The van der Waals surface area contributed by atoms with E-state index in [4.69, 9.17) is 0 Å². The Hall–Kier alpha value is -0.870. The molecule has 1 amide bonds. The van der Waals surface area contributed by atoms with Crippen molar-refractivity contribution in [3.8, 4) is 0 Å². The van der Waals surface area contributed by atoms with Gasteiger partial charge in [0.05, 0.1) is 5.33 Å². The standard InChI is InChI=1S/C11H14BrNO2/c1-9(14)13(11(15)7-12)8-10-5-3-2-4-6-10/h2-6,9,14H,7-8H2,1H3. The zero-order chi connectivity index (χ0) is 11.3. The van der Waals surface area contributed by atoms with Gasteiger partial charge in [-0.05, 0) is 12.5 Å². The maximum Gasteiger partial charge on any atom is 0.235 e. The summed E-state index contributed by atoms with van der Waals surface area (Å²) in [5, 5.41) is 9.69. The third kappa shape index (κ3) is 3.64. The molecule has 1 N–H and O–H groups in total. The Morgan fingerprint density at radius 2 is 2.07 bits per heavy atom. The van der Waals surface area contributed by atoms with Gasteiger partial charge in [-0.3, -0.25) is 4.79 Å². The lowest BCUT2D eigenvalue weighted by atomic mass is 10.2. The normalized spacial score (nSPS) is 12.2. The number of benzene rings is 1. The fourth-order valence-electron chi connectivity index (χ4n) is 1.29. The van der Waals surface area contributed by atoms with Crippen LogP contribution in [0.2, 0.25) is 0 Å². The first-order valence-electron chi connectivity index (χ1n) is 4.72. The van der Waals surface area contributed by atoms with Gasteiger partial charge < -0.3 is 10.0 Å². The minimum atomic E-state index is -0.768. The second-order valence-electron chi connectivity index (χ2n) is 3.27. The Labute approximate surface area is 97.8 Å². The Morgan fingerprint density at radius 1 is 1.47 bits per heavy atom. The lowest BCUT2D eigenvalue weighted by Crippen LogP contribution is -2.38. The second-order valence-corrected chi connectivity index (χ2v) is 3.83. The maximum absolute atomic E-state index is 11.5. The van der Waals surface area contributed by atoms with Crippen LogP contribution < -0.4 is 0 Å². The smallest absolute Gasteiger partial charge is 0.235 e.